The van der Waals surface area contributed by atoms with Gasteiger partial charge in [0.1, 0.15) is 11.2 Å². The Morgan fingerprint density at radius 2 is 1.07 bits per heavy atom. The maximum atomic E-state index is 10.2. The van der Waals surface area contributed by atoms with Crippen molar-refractivity contribution in [3.63, 3.8) is 0 Å². The Bertz CT molecular complexity index is 4240. The van der Waals surface area contributed by atoms with Crippen LogP contribution in [0, 0.1) is 0 Å². The summed E-state index contributed by atoms with van der Waals surface area (Å²) in [4.78, 5) is 1.59. The van der Waals surface area contributed by atoms with Gasteiger partial charge in [0.15, 0.2) is 0 Å². The zero-order valence-corrected chi connectivity index (χ0v) is 30.4. The molecule has 0 saturated heterocycles. The molecule has 2 nitrogen and oxygen atoms in total. The van der Waals surface area contributed by atoms with E-state index in [1.165, 1.54) is 0 Å². The van der Waals surface area contributed by atoms with Gasteiger partial charge in [-0.15, -0.1) is 0 Å². The van der Waals surface area contributed by atoms with E-state index in [4.69, 9.17) is 15.4 Å². The van der Waals surface area contributed by atoms with Gasteiger partial charge in [0, 0.05) is 27.6 Å². The first-order valence-corrected chi connectivity index (χ1v) is 18.5. The zero-order chi connectivity index (χ0) is 53.2. The molecule has 1 heterocycles. The van der Waals surface area contributed by atoms with E-state index < -0.39 is 130 Å². The van der Waals surface area contributed by atoms with Crippen molar-refractivity contribution in [2.75, 3.05) is 4.90 Å². The minimum absolute atomic E-state index is 0.223. The van der Waals surface area contributed by atoms with Gasteiger partial charge in [-0.25, -0.2) is 0 Å². The molecule has 2 heteroatoms. The van der Waals surface area contributed by atoms with Crippen LogP contribution in [0.1, 0.15) is 23.3 Å². The van der Waals surface area contributed by atoms with Gasteiger partial charge in [-0.05, 0) is 103 Å². The predicted molar refractivity (Wildman–Crippen MR) is 245 cm³/mol. The first-order chi connectivity index (χ1) is 35.9. The Balaban J connectivity index is 1.28. The number of benzene rings is 10. The van der Waals surface area contributed by atoms with E-state index in [-0.39, 0.29) is 33.0 Å². The standard InChI is InChI=1S/C56H37NO/c1-3-14-39(15-4-1)48-21-9-11-24-52(48)57(45-31-26-41(27-32-45)47-23-13-19-38-18-7-8-20-46(38)47)53-34-29-43(37-51(53)40-16-5-2-6-17-40)42-28-33-49-44(36-42)30-35-55-56(49)50-22-10-12-25-54(50)58-55/h1-37H/i2D,5D,6D,10D,12D,16D,17D,22D,25D,28D,29D,30D,33D,34D,35D,36D,37D. The van der Waals surface area contributed by atoms with Crippen molar-refractivity contribution in [1.82, 2.24) is 0 Å². The average molecular weight is 757 g/mol. The van der Waals surface area contributed by atoms with Crippen molar-refractivity contribution >= 4 is 60.5 Å². The van der Waals surface area contributed by atoms with Gasteiger partial charge >= 0.3 is 0 Å². The molecule has 10 aromatic carbocycles. The molecule has 0 atom stereocenters. The van der Waals surface area contributed by atoms with Crippen LogP contribution in [0.4, 0.5) is 17.1 Å². The molecule has 0 fully saturated rings. The fourth-order valence-electron chi connectivity index (χ4n) is 7.51. The molecule has 272 valence electrons. The lowest BCUT2D eigenvalue weighted by Crippen LogP contribution is -2.12. The lowest BCUT2D eigenvalue weighted by atomic mass is 9.93. The molecule has 11 rings (SSSR count). The second kappa shape index (κ2) is 14.1. The fraction of sp³-hybridized carbons (Fsp3) is 0. The summed E-state index contributed by atoms with van der Waals surface area (Å²) in [6.07, 6.45) is 0. The summed E-state index contributed by atoms with van der Waals surface area (Å²) in [5.41, 5.74) is 0.578. The van der Waals surface area contributed by atoms with Gasteiger partial charge in [0.2, 0.25) is 0 Å². The van der Waals surface area contributed by atoms with Crippen LogP contribution >= 0.6 is 0 Å². The quantitative estimate of drug-likeness (QED) is 0.161. The molecule has 0 N–H and O–H groups in total. The minimum Gasteiger partial charge on any atom is -0.456 e. The van der Waals surface area contributed by atoms with Gasteiger partial charge in [-0.3, -0.25) is 0 Å². The first-order valence-electron chi connectivity index (χ1n) is 27.0. The van der Waals surface area contributed by atoms with Gasteiger partial charge in [0.05, 0.1) is 34.7 Å². The van der Waals surface area contributed by atoms with Crippen molar-refractivity contribution in [1.29, 1.82) is 0 Å². The van der Waals surface area contributed by atoms with Crippen molar-refractivity contribution in [2.45, 2.75) is 0 Å². The zero-order valence-electron chi connectivity index (χ0n) is 47.4. The summed E-state index contributed by atoms with van der Waals surface area (Å²) < 4.78 is 162. The molecule has 0 unspecified atom stereocenters. The highest BCUT2D eigenvalue weighted by molar-refractivity contribution is 6.19. The Morgan fingerprint density at radius 1 is 0.362 bits per heavy atom. The van der Waals surface area contributed by atoms with E-state index in [1.54, 1.807) is 29.2 Å². The Hall–Kier alpha value is -7.68. The molecular formula is C56H37NO. The lowest BCUT2D eigenvalue weighted by Gasteiger charge is -2.30. The second-order valence-electron chi connectivity index (χ2n) is 13.5. The molecule has 0 amide bonds. The van der Waals surface area contributed by atoms with Crippen molar-refractivity contribution in [3.8, 4) is 44.5 Å². The summed E-state index contributed by atoms with van der Waals surface area (Å²) in [5, 5.41) is 0.735. The van der Waals surface area contributed by atoms with Crippen molar-refractivity contribution in [3.05, 3.63) is 224 Å². The van der Waals surface area contributed by atoms with Crippen LogP contribution in [0.25, 0.3) is 88.0 Å². The number of anilines is 3. The number of furan rings is 1. The van der Waals surface area contributed by atoms with Crippen LogP contribution in [-0.4, -0.2) is 0 Å². The van der Waals surface area contributed by atoms with Crippen LogP contribution in [0.3, 0.4) is 0 Å². The molecule has 0 bridgehead atoms. The Morgan fingerprint density at radius 3 is 1.97 bits per heavy atom. The molecule has 0 aliphatic rings. The van der Waals surface area contributed by atoms with E-state index in [0.717, 1.165) is 27.5 Å². The molecule has 1 aromatic heterocycles. The largest absolute Gasteiger partial charge is 0.456 e. The summed E-state index contributed by atoms with van der Waals surface area (Å²) >= 11 is 0. The monoisotopic (exact) mass is 756 g/mol. The number of para-hydroxylation sites is 2. The highest BCUT2D eigenvalue weighted by Gasteiger charge is 2.22. The number of fused-ring (bicyclic) bond motifs is 6. The summed E-state index contributed by atoms with van der Waals surface area (Å²) in [6, 6.07) is 25.4. The summed E-state index contributed by atoms with van der Waals surface area (Å²) in [5.74, 6) is 0. The number of nitrogens with zero attached hydrogens (tertiary/aromatic N) is 1. The van der Waals surface area contributed by atoms with Gasteiger partial charge in [0.25, 0.3) is 0 Å². The van der Waals surface area contributed by atoms with E-state index in [0.29, 0.717) is 16.9 Å². The molecular weight excluding hydrogens is 703 g/mol. The Labute approximate surface area is 361 Å². The second-order valence-corrected chi connectivity index (χ2v) is 13.5. The SMILES string of the molecule is [2H]c1c([2H])c([2H])c(-c2c([2H])c(-c3c([2H])c([2H])c4c(c3[2H])c([2H])c([2H])c3oc5c([2H])c([2H])c([2H])c([2H])c5c34)c([2H])c([2H])c2N(c2ccc(-c3cccc4ccccc34)cc2)c2ccccc2-c2ccccc2)c([2H])c1[2H]. The predicted octanol–water partition coefficient (Wildman–Crippen LogP) is 16.0. The third-order valence-electron chi connectivity index (χ3n) is 10.2. The van der Waals surface area contributed by atoms with Crippen LogP contribution in [-0.2, 0) is 0 Å². The van der Waals surface area contributed by atoms with E-state index >= 15 is 0 Å². The smallest absolute Gasteiger partial charge is 0.136 e. The molecule has 0 saturated carbocycles. The van der Waals surface area contributed by atoms with Crippen LogP contribution in [0.5, 0.6) is 0 Å². The normalized spacial score (nSPS) is 15.6. The van der Waals surface area contributed by atoms with Crippen LogP contribution in [0.15, 0.2) is 228 Å². The fourth-order valence-corrected chi connectivity index (χ4v) is 7.51. The third-order valence-corrected chi connectivity index (χ3v) is 10.2. The van der Waals surface area contributed by atoms with Crippen molar-refractivity contribution < 1.29 is 27.7 Å². The third kappa shape index (κ3) is 5.82. The highest BCUT2D eigenvalue weighted by Crippen LogP contribution is 2.47. The highest BCUT2D eigenvalue weighted by atomic mass is 16.3. The minimum atomic E-state index is -0.808. The number of rotatable bonds is 7. The molecule has 0 aliphatic carbocycles. The summed E-state index contributed by atoms with van der Waals surface area (Å²) in [6.45, 7) is 0. The Kier molecular flexibility index (Phi) is 4.98. The molecule has 11 aromatic rings. The maximum Gasteiger partial charge on any atom is 0.136 e. The molecule has 58 heavy (non-hydrogen) atoms. The number of hydrogen-bond acceptors (Lipinski definition) is 2. The molecule has 0 spiro atoms. The van der Waals surface area contributed by atoms with Gasteiger partial charge in [-0.2, -0.15) is 0 Å². The number of hydrogen-bond donors (Lipinski definition) is 0. The topological polar surface area (TPSA) is 16.4 Å². The summed E-state index contributed by atoms with van der Waals surface area (Å²) in [7, 11) is 0. The van der Waals surface area contributed by atoms with Gasteiger partial charge in [-0.1, -0.05) is 176 Å². The first kappa shape index (κ1) is 20.5. The maximum absolute atomic E-state index is 10.2. The molecule has 0 radical (unpaired) electrons. The van der Waals surface area contributed by atoms with Crippen LogP contribution in [0.2, 0.25) is 0 Å². The van der Waals surface area contributed by atoms with Crippen LogP contribution < -0.4 is 4.90 Å². The van der Waals surface area contributed by atoms with Gasteiger partial charge < -0.3 is 9.32 Å². The average Bonchev–Trinajstić information content (AvgIpc) is 3.87. The molecule has 0 aliphatic heterocycles. The van der Waals surface area contributed by atoms with E-state index in [9.17, 15) is 12.3 Å². The van der Waals surface area contributed by atoms with Crippen molar-refractivity contribution in [2.24, 2.45) is 0 Å². The van der Waals surface area contributed by atoms with E-state index in [2.05, 4.69) is 0 Å². The lowest BCUT2D eigenvalue weighted by molar-refractivity contribution is 0.669. The van der Waals surface area contributed by atoms with E-state index in [1.807, 2.05) is 97.1 Å².